The lowest BCUT2D eigenvalue weighted by Gasteiger charge is -2.09. The van der Waals surface area contributed by atoms with Crippen LogP contribution in [0.25, 0.3) is 0 Å². The van der Waals surface area contributed by atoms with Gasteiger partial charge in [0, 0.05) is 13.0 Å². The van der Waals surface area contributed by atoms with Crippen molar-refractivity contribution in [3.8, 4) is 0 Å². The SMILES string of the molecule is NC(=O)C(O)CNCCCC(F)(F)F. The van der Waals surface area contributed by atoms with E-state index in [1.807, 2.05) is 0 Å². The first-order valence-electron chi connectivity index (χ1n) is 4.08. The van der Waals surface area contributed by atoms with Crippen LogP contribution in [0, 0.1) is 0 Å². The second kappa shape index (κ2) is 5.82. The summed E-state index contributed by atoms with van der Waals surface area (Å²) < 4.78 is 34.9. The summed E-state index contributed by atoms with van der Waals surface area (Å²) in [7, 11) is 0. The van der Waals surface area contributed by atoms with Gasteiger partial charge in [0.15, 0.2) is 0 Å². The van der Waals surface area contributed by atoms with Crippen molar-refractivity contribution in [2.75, 3.05) is 13.1 Å². The Bertz CT molecular complexity index is 184. The summed E-state index contributed by atoms with van der Waals surface area (Å²) in [6, 6.07) is 0. The lowest BCUT2D eigenvalue weighted by Crippen LogP contribution is -2.38. The number of nitrogens with one attached hydrogen (secondary N) is 1. The smallest absolute Gasteiger partial charge is 0.382 e. The number of hydrogen-bond acceptors (Lipinski definition) is 3. The predicted octanol–water partition coefficient (Wildman–Crippen LogP) is -0.235. The summed E-state index contributed by atoms with van der Waals surface area (Å²) in [6.07, 6.45) is -6.48. The van der Waals surface area contributed by atoms with Gasteiger partial charge in [-0.15, -0.1) is 0 Å². The standard InChI is InChI=1S/C7H13F3N2O2/c8-7(9,10)2-1-3-12-4-5(13)6(11)14/h5,12-13H,1-4H2,(H2,11,14). The number of aliphatic hydroxyl groups is 1. The summed E-state index contributed by atoms with van der Waals surface area (Å²) in [5, 5.41) is 11.3. The Morgan fingerprint density at radius 1 is 1.50 bits per heavy atom. The molecule has 0 rings (SSSR count). The van der Waals surface area contributed by atoms with E-state index in [0.717, 1.165) is 0 Å². The zero-order valence-electron chi connectivity index (χ0n) is 7.47. The fourth-order valence-electron chi connectivity index (χ4n) is 0.753. The number of amides is 1. The van der Waals surface area contributed by atoms with Crippen molar-refractivity contribution >= 4 is 5.91 Å². The minimum atomic E-state index is -4.16. The summed E-state index contributed by atoms with van der Waals surface area (Å²) in [5.74, 6) is -0.895. The molecule has 0 heterocycles. The first-order valence-corrected chi connectivity index (χ1v) is 4.08. The molecule has 14 heavy (non-hydrogen) atoms. The number of rotatable bonds is 6. The van der Waals surface area contributed by atoms with Crippen LogP contribution in [-0.4, -0.2) is 36.4 Å². The number of carbonyl (C=O) groups excluding carboxylic acids is 1. The molecule has 0 spiro atoms. The average molecular weight is 214 g/mol. The minimum Gasteiger partial charge on any atom is -0.382 e. The van der Waals surface area contributed by atoms with Gasteiger partial charge in [0.1, 0.15) is 6.10 Å². The zero-order chi connectivity index (χ0) is 11.2. The van der Waals surface area contributed by atoms with Crippen LogP contribution >= 0.6 is 0 Å². The maximum Gasteiger partial charge on any atom is 0.389 e. The van der Waals surface area contributed by atoms with Crippen molar-refractivity contribution in [3.63, 3.8) is 0 Å². The quantitative estimate of drug-likeness (QED) is 0.534. The number of alkyl halides is 3. The van der Waals surface area contributed by atoms with Gasteiger partial charge in [-0.05, 0) is 13.0 Å². The monoisotopic (exact) mass is 214 g/mol. The van der Waals surface area contributed by atoms with Gasteiger partial charge in [-0.25, -0.2) is 0 Å². The van der Waals surface area contributed by atoms with E-state index < -0.39 is 24.6 Å². The first-order chi connectivity index (χ1) is 6.33. The summed E-state index contributed by atoms with van der Waals surface area (Å²) in [5.41, 5.74) is 4.71. The molecule has 7 heteroatoms. The van der Waals surface area contributed by atoms with Crippen molar-refractivity contribution in [2.24, 2.45) is 5.73 Å². The Labute approximate surface area is 79.3 Å². The van der Waals surface area contributed by atoms with E-state index in [-0.39, 0.29) is 19.5 Å². The van der Waals surface area contributed by atoms with E-state index in [1.165, 1.54) is 0 Å². The molecular weight excluding hydrogens is 201 g/mol. The van der Waals surface area contributed by atoms with Gasteiger partial charge in [-0.3, -0.25) is 4.79 Å². The lowest BCUT2D eigenvalue weighted by atomic mass is 10.3. The molecule has 4 N–H and O–H groups in total. The van der Waals surface area contributed by atoms with Gasteiger partial charge in [0.25, 0.3) is 0 Å². The molecule has 1 amide bonds. The van der Waals surface area contributed by atoms with Crippen LogP contribution in [0.3, 0.4) is 0 Å². The molecule has 1 unspecified atom stereocenters. The fraction of sp³-hybridized carbons (Fsp3) is 0.857. The molecule has 0 aromatic rings. The van der Waals surface area contributed by atoms with Crippen molar-refractivity contribution in [1.82, 2.24) is 5.32 Å². The first kappa shape index (κ1) is 13.2. The second-order valence-corrected chi connectivity index (χ2v) is 2.84. The molecule has 4 nitrogen and oxygen atoms in total. The highest BCUT2D eigenvalue weighted by atomic mass is 19.4. The zero-order valence-corrected chi connectivity index (χ0v) is 7.47. The molecule has 0 aliphatic carbocycles. The van der Waals surface area contributed by atoms with Crippen LogP contribution in [0.4, 0.5) is 13.2 Å². The Morgan fingerprint density at radius 3 is 2.50 bits per heavy atom. The molecule has 0 fully saturated rings. The average Bonchev–Trinajstić information content (AvgIpc) is 2.01. The van der Waals surface area contributed by atoms with Crippen LogP contribution in [0.15, 0.2) is 0 Å². The Morgan fingerprint density at radius 2 is 2.07 bits per heavy atom. The van der Waals surface area contributed by atoms with Gasteiger partial charge in [-0.1, -0.05) is 0 Å². The molecule has 0 saturated carbocycles. The summed E-state index contributed by atoms with van der Waals surface area (Å²) in [6.45, 7) is -0.0307. The molecule has 0 bridgehead atoms. The van der Waals surface area contributed by atoms with Crippen LogP contribution in [0.5, 0.6) is 0 Å². The van der Waals surface area contributed by atoms with Crippen LogP contribution in [-0.2, 0) is 4.79 Å². The van der Waals surface area contributed by atoms with E-state index in [9.17, 15) is 18.0 Å². The number of halogens is 3. The van der Waals surface area contributed by atoms with Crippen molar-refractivity contribution in [3.05, 3.63) is 0 Å². The maximum atomic E-state index is 11.6. The predicted molar refractivity (Wildman–Crippen MR) is 43.4 cm³/mol. The van der Waals surface area contributed by atoms with Crippen molar-refractivity contribution in [1.29, 1.82) is 0 Å². The number of nitrogens with two attached hydrogens (primary N) is 1. The number of hydrogen-bond donors (Lipinski definition) is 3. The molecule has 0 aromatic carbocycles. The highest BCUT2D eigenvalue weighted by molar-refractivity contribution is 5.78. The van der Waals surface area contributed by atoms with E-state index in [0.29, 0.717) is 0 Å². The molecule has 0 aliphatic rings. The number of primary amides is 1. The minimum absolute atomic E-state index is 0.0872. The van der Waals surface area contributed by atoms with Gasteiger partial charge >= 0.3 is 6.18 Å². The van der Waals surface area contributed by atoms with Crippen LogP contribution < -0.4 is 11.1 Å². The third-order valence-corrected chi connectivity index (χ3v) is 1.48. The van der Waals surface area contributed by atoms with Gasteiger partial charge in [0.2, 0.25) is 5.91 Å². The van der Waals surface area contributed by atoms with E-state index in [4.69, 9.17) is 10.8 Å². The van der Waals surface area contributed by atoms with Crippen LogP contribution in [0.1, 0.15) is 12.8 Å². The van der Waals surface area contributed by atoms with E-state index in [1.54, 1.807) is 0 Å². The summed E-state index contributed by atoms with van der Waals surface area (Å²) >= 11 is 0. The molecule has 0 aliphatic heterocycles. The van der Waals surface area contributed by atoms with Crippen molar-refractivity contribution in [2.45, 2.75) is 25.1 Å². The maximum absolute atomic E-state index is 11.6. The molecule has 0 radical (unpaired) electrons. The van der Waals surface area contributed by atoms with E-state index >= 15 is 0 Å². The molecular formula is C7H13F3N2O2. The summed E-state index contributed by atoms with van der Waals surface area (Å²) in [4.78, 5) is 10.3. The van der Waals surface area contributed by atoms with Gasteiger partial charge in [0.05, 0.1) is 0 Å². The lowest BCUT2D eigenvalue weighted by molar-refractivity contribution is -0.135. The molecule has 84 valence electrons. The normalized spacial score (nSPS) is 14.0. The van der Waals surface area contributed by atoms with Crippen LogP contribution in [0.2, 0.25) is 0 Å². The molecule has 0 saturated heterocycles. The Hall–Kier alpha value is -0.820. The fourth-order valence-corrected chi connectivity index (χ4v) is 0.753. The van der Waals surface area contributed by atoms with Crippen molar-refractivity contribution < 1.29 is 23.1 Å². The second-order valence-electron chi connectivity index (χ2n) is 2.84. The Kier molecular flexibility index (Phi) is 5.47. The topological polar surface area (TPSA) is 75.4 Å². The Balaban J connectivity index is 3.35. The molecule has 0 aromatic heterocycles. The largest absolute Gasteiger partial charge is 0.389 e. The number of aliphatic hydroxyl groups excluding tert-OH is 1. The van der Waals surface area contributed by atoms with Gasteiger partial charge < -0.3 is 16.2 Å². The van der Waals surface area contributed by atoms with Gasteiger partial charge in [-0.2, -0.15) is 13.2 Å². The third kappa shape index (κ3) is 7.81. The molecule has 1 atom stereocenters. The highest BCUT2D eigenvalue weighted by Gasteiger charge is 2.25. The highest BCUT2D eigenvalue weighted by Crippen LogP contribution is 2.20. The van der Waals surface area contributed by atoms with E-state index in [2.05, 4.69) is 5.32 Å². The number of carbonyl (C=O) groups is 1. The third-order valence-electron chi connectivity index (χ3n) is 1.48.